The highest BCUT2D eigenvalue weighted by Gasteiger charge is 2.05. The van der Waals surface area contributed by atoms with Gasteiger partial charge in [-0.3, -0.25) is 9.59 Å². The SMILES string of the molecule is O=C(O)CCCCNC(=O)COc1ccc(F)c(Cl)c1. The standard InChI is InChI=1S/C13H15ClFNO4/c14-10-7-9(4-5-11(10)15)20-8-12(17)16-6-2-1-3-13(18)19/h4-5,7H,1-3,6,8H2,(H,16,17)(H,18,19). The van der Waals surface area contributed by atoms with E-state index in [9.17, 15) is 14.0 Å². The highest BCUT2D eigenvalue weighted by molar-refractivity contribution is 6.30. The lowest BCUT2D eigenvalue weighted by Gasteiger charge is -2.07. The molecule has 0 saturated carbocycles. The van der Waals surface area contributed by atoms with Gasteiger partial charge in [0.15, 0.2) is 6.61 Å². The van der Waals surface area contributed by atoms with Gasteiger partial charge in [-0.05, 0) is 25.0 Å². The molecule has 2 N–H and O–H groups in total. The number of nitrogens with one attached hydrogen (secondary N) is 1. The van der Waals surface area contributed by atoms with Gasteiger partial charge < -0.3 is 15.2 Å². The Morgan fingerprint density at radius 2 is 2.10 bits per heavy atom. The van der Waals surface area contributed by atoms with Crippen molar-refractivity contribution in [3.8, 4) is 5.75 Å². The molecule has 0 fully saturated rings. The Balaban J connectivity index is 2.19. The Labute approximate surface area is 120 Å². The molecule has 5 nitrogen and oxygen atoms in total. The maximum absolute atomic E-state index is 12.9. The van der Waals surface area contributed by atoms with Crippen molar-refractivity contribution in [1.82, 2.24) is 5.32 Å². The number of hydrogen-bond acceptors (Lipinski definition) is 3. The summed E-state index contributed by atoms with van der Waals surface area (Å²) >= 11 is 5.57. The van der Waals surface area contributed by atoms with Gasteiger partial charge in [-0.2, -0.15) is 0 Å². The third-order valence-corrected chi connectivity index (χ3v) is 2.69. The minimum Gasteiger partial charge on any atom is -0.484 e. The number of ether oxygens (including phenoxy) is 1. The van der Waals surface area contributed by atoms with Crippen LogP contribution in [0, 0.1) is 5.82 Å². The van der Waals surface area contributed by atoms with E-state index in [2.05, 4.69) is 5.32 Å². The summed E-state index contributed by atoms with van der Waals surface area (Å²) in [6.45, 7) is 0.181. The molecule has 0 spiro atoms. The summed E-state index contributed by atoms with van der Waals surface area (Å²) in [7, 11) is 0. The summed E-state index contributed by atoms with van der Waals surface area (Å²) < 4.78 is 18.0. The lowest BCUT2D eigenvalue weighted by atomic mass is 10.2. The van der Waals surface area contributed by atoms with Crippen LogP contribution in [0.1, 0.15) is 19.3 Å². The van der Waals surface area contributed by atoms with Crippen LogP contribution in [0.15, 0.2) is 18.2 Å². The summed E-state index contributed by atoms with van der Waals surface area (Å²) in [6.07, 6.45) is 1.17. The van der Waals surface area contributed by atoms with Gasteiger partial charge >= 0.3 is 5.97 Å². The van der Waals surface area contributed by atoms with E-state index < -0.39 is 11.8 Å². The molecular formula is C13H15ClFNO4. The maximum atomic E-state index is 12.9. The van der Waals surface area contributed by atoms with Crippen LogP contribution in [0.5, 0.6) is 5.75 Å². The zero-order chi connectivity index (χ0) is 15.0. The van der Waals surface area contributed by atoms with Gasteiger partial charge in [-0.1, -0.05) is 11.6 Å². The van der Waals surface area contributed by atoms with Crippen LogP contribution in [0.3, 0.4) is 0 Å². The molecule has 7 heteroatoms. The molecule has 0 aliphatic carbocycles. The predicted octanol–water partition coefficient (Wildman–Crippen LogP) is 2.23. The fraction of sp³-hybridized carbons (Fsp3) is 0.385. The van der Waals surface area contributed by atoms with Crippen molar-refractivity contribution in [3.05, 3.63) is 29.0 Å². The van der Waals surface area contributed by atoms with Gasteiger partial charge in [0, 0.05) is 19.0 Å². The van der Waals surface area contributed by atoms with Gasteiger partial charge in [0.25, 0.3) is 5.91 Å². The number of carboxylic acid groups (broad SMARTS) is 1. The number of rotatable bonds is 8. The Morgan fingerprint density at radius 3 is 2.75 bits per heavy atom. The lowest BCUT2D eigenvalue weighted by Crippen LogP contribution is -2.29. The van der Waals surface area contributed by atoms with E-state index in [-0.39, 0.29) is 24.0 Å². The van der Waals surface area contributed by atoms with Crippen molar-refractivity contribution in [2.24, 2.45) is 0 Å². The van der Waals surface area contributed by atoms with Gasteiger partial charge in [0.2, 0.25) is 0 Å². The summed E-state index contributed by atoms with van der Waals surface area (Å²) in [4.78, 5) is 21.7. The van der Waals surface area contributed by atoms with E-state index in [4.69, 9.17) is 21.4 Å². The van der Waals surface area contributed by atoms with E-state index in [0.717, 1.165) is 6.07 Å². The number of unbranched alkanes of at least 4 members (excludes halogenated alkanes) is 1. The van der Waals surface area contributed by atoms with E-state index in [1.165, 1.54) is 12.1 Å². The molecule has 1 amide bonds. The maximum Gasteiger partial charge on any atom is 0.303 e. The average Bonchev–Trinajstić information content (AvgIpc) is 2.39. The Bertz CT molecular complexity index is 481. The predicted molar refractivity (Wildman–Crippen MR) is 71.4 cm³/mol. The Hall–Kier alpha value is -1.82. The molecule has 0 aromatic heterocycles. The number of aliphatic carboxylic acids is 1. The van der Waals surface area contributed by atoms with E-state index >= 15 is 0 Å². The van der Waals surface area contributed by atoms with Crippen LogP contribution in [-0.4, -0.2) is 30.1 Å². The number of carbonyl (C=O) groups excluding carboxylic acids is 1. The number of carboxylic acids is 1. The van der Waals surface area contributed by atoms with E-state index in [0.29, 0.717) is 25.1 Å². The number of benzene rings is 1. The van der Waals surface area contributed by atoms with Gasteiger partial charge in [0.05, 0.1) is 5.02 Å². The van der Waals surface area contributed by atoms with E-state index in [1.54, 1.807) is 0 Å². The summed E-state index contributed by atoms with van der Waals surface area (Å²) in [5.41, 5.74) is 0. The molecule has 0 aliphatic rings. The highest BCUT2D eigenvalue weighted by Crippen LogP contribution is 2.20. The van der Waals surface area contributed by atoms with E-state index in [1.807, 2.05) is 0 Å². The zero-order valence-electron chi connectivity index (χ0n) is 10.7. The van der Waals surface area contributed by atoms with Crippen molar-refractivity contribution >= 4 is 23.5 Å². The first-order chi connectivity index (χ1) is 9.49. The fourth-order valence-electron chi connectivity index (χ4n) is 1.40. The van der Waals surface area contributed by atoms with Crippen LogP contribution >= 0.6 is 11.6 Å². The molecule has 1 aromatic rings. The minimum atomic E-state index is -0.854. The van der Waals surface area contributed by atoms with Crippen LogP contribution in [0.2, 0.25) is 5.02 Å². The lowest BCUT2D eigenvalue weighted by molar-refractivity contribution is -0.137. The molecule has 0 saturated heterocycles. The average molecular weight is 304 g/mol. The van der Waals surface area contributed by atoms with Crippen molar-refractivity contribution < 1.29 is 23.8 Å². The summed E-state index contributed by atoms with van der Waals surface area (Å²) in [6, 6.07) is 3.82. The quantitative estimate of drug-likeness (QED) is 0.722. The molecule has 0 radical (unpaired) electrons. The number of hydrogen-bond donors (Lipinski definition) is 2. The highest BCUT2D eigenvalue weighted by atomic mass is 35.5. The monoisotopic (exact) mass is 303 g/mol. The van der Waals surface area contributed by atoms with Crippen molar-refractivity contribution in [2.75, 3.05) is 13.2 Å². The number of carbonyl (C=O) groups is 2. The number of amides is 1. The smallest absolute Gasteiger partial charge is 0.303 e. The molecule has 20 heavy (non-hydrogen) atoms. The van der Waals surface area contributed by atoms with Crippen LogP contribution in [0.4, 0.5) is 4.39 Å². The van der Waals surface area contributed by atoms with Gasteiger partial charge in [0.1, 0.15) is 11.6 Å². The Morgan fingerprint density at radius 1 is 1.35 bits per heavy atom. The third kappa shape index (κ3) is 6.38. The summed E-state index contributed by atoms with van der Waals surface area (Å²) in [5, 5.41) is 10.9. The molecule has 1 aromatic carbocycles. The molecule has 110 valence electrons. The summed E-state index contributed by atoms with van der Waals surface area (Å²) in [5.74, 6) is -1.44. The second kappa shape index (κ2) is 8.37. The van der Waals surface area contributed by atoms with Crippen LogP contribution in [-0.2, 0) is 9.59 Å². The zero-order valence-corrected chi connectivity index (χ0v) is 11.5. The molecular weight excluding hydrogens is 289 g/mol. The topological polar surface area (TPSA) is 75.6 Å². The van der Waals surface area contributed by atoms with Crippen molar-refractivity contribution in [1.29, 1.82) is 0 Å². The van der Waals surface area contributed by atoms with Crippen molar-refractivity contribution in [2.45, 2.75) is 19.3 Å². The number of halogens is 2. The molecule has 0 atom stereocenters. The van der Waals surface area contributed by atoms with Crippen LogP contribution in [0.25, 0.3) is 0 Å². The third-order valence-electron chi connectivity index (χ3n) is 2.40. The second-order valence-corrected chi connectivity index (χ2v) is 4.47. The first-order valence-corrected chi connectivity index (χ1v) is 6.43. The fourth-order valence-corrected chi connectivity index (χ4v) is 1.57. The minimum absolute atomic E-state index is 0.0726. The first-order valence-electron chi connectivity index (χ1n) is 6.05. The molecule has 0 aliphatic heterocycles. The Kier molecular flexibility index (Phi) is 6.79. The first kappa shape index (κ1) is 16.2. The normalized spacial score (nSPS) is 10.1. The molecule has 0 bridgehead atoms. The largest absolute Gasteiger partial charge is 0.484 e. The molecule has 0 unspecified atom stereocenters. The molecule has 1 rings (SSSR count). The van der Waals surface area contributed by atoms with Gasteiger partial charge in [-0.25, -0.2) is 4.39 Å². The van der Waals surface area contributed by atoms with Gasteiger partial charge in [-0.15, -0.1) is 0 Å². The second-order valence-electron chi connectivity index (χ2n) is 4.07. The van der Waals surface area contributed by atoms with Crippen LogP contribution < -0.4 is 10.1 Å². The molecule has 0 heterocycles. The van der Waals surface area contributed by atoms with Crippen molar-refractivity contribution in [3.63, 3.8) is 0 Å².